The molecule has 2 aromatic heterocycles. The highest BCUT2D eigenvalue weighted by molar-refractivity contribution is 6.10. The van der Waals surface area contributed by atoms with Crippen LogP contribution >= 0.6 is 0 Å². The highest BCUT2D eigenvalue weighted by Crippen LogP contribution is 2.39. The van der Waals surface area contributed by atoms with Crippen LogP contribution < -0.4 is 0 Å². The molecule has 2 heteroatoms. The molecular weight excluding hydrogens is 352 g/mol. The van der Waals surface area contributed by atoms with Crippen molar-refractivity contribution in [2.75, 3.05) is 0 Å². The summed E-state index contributed by atoms with van der Waals surface area (Å²) in [5.41, 5.74) is 7.66. The molecule has 29 heavy (non-hydrogen) atoms. The Kier molecular flexibility index (Phi) is 3.54. The van der Waals surface area contributed by atoms with Gasteiger partial charge in [-0.25, -0.2) is 0 Å². The molecule has 2 N–H and O–H groups in total. The molecule has 6 rings (SSSR count). The minimum absolute atomic E-state index is 0.323. The van der Waals surface area contributed by atoms with E-state index in [1.54, 1.807) is 0 Å². The largest absolute Gasteiger partial charge is 0.354 e. The fourth-order valence-corrected chi connectivity index (χ4v) is 4.98. The van der Waals surface area contributed by atoms with Crippen molar-refractivity contribution in [3.63, 3.8) is 0 Å². The van der Waals surface area contributed by atoms with Gasteiger partial charge in [-0.3, -0.25) is 0 Å². The van der Waals surface area contributed by atoms with E-state index in [0.717, 1.165) is 6.42 Å². The number of H-pyrrole nitrogens is 2. The maximum atomic E-state index is 3.70. The zero-order chi connectivity index (χ0) is 19.4. The smallest absolute Gasteiger partial charge is 0.0503 e. The lowest BCUT2D eigenvalue weighted by Gasteiger charge is -2.18. The summed E-state index contributed by atoms with van der Waals surface area (Å²) in [5.74, 6) is 0.323. The van der Waals surface area contributed by atoms with Gasteiger partial charge < -0.3 is 9.97 Å². The summed E-state index contributed by atoms with van der Waals surface area (Å²) in [6.45, 7) is 2.29. The monoisotopic (exact) mass is 374 g/mol. The molecule has 6 aromatic rings. The van der Waals surface area contributed by atoms with Crippen molar-refractivity contribution in [2.45, 2.75) is 19.3 Å². The lowest BCUT2D eigenvalue weighted by atomic mass is 9.86. The van der Waals surface area contributed by atoms with E-state index in [2.05, 4.69) is 102 Å². The van der Waals surface area contributed by atoms with E-state index in [-0.39, 0.29) is 0 Å². The summed E-state index contributed by atoms with van der Waals surface area (Å²) in [7, 11) is 0. The van der Waals surface area contributed by atoms with Crippen molar-refractivity contribution in [3.8, 4) is 0 Å². The summed E-state index contributed by atoms with van der Waals surface area (Å²) in [5, 5.41) is 5.20. The molecule has 0 aliphatic heterocycles. The third-order valence-corrected chi connectivity index (χ3v) is 6.31. The summed E-state index contributed by atoms with van der Waals surface area (Å²) in [6.07, 6.45) is 1.04. The summed E-state index contributed by atoms with van der Waals surface area (Å²) < 4.78 is 0. The van der Waals surface area contributed by atoms with Gasteiger partial charge in [0.1, 0.15) is 0 Å². The molecule has 0 bridgehead atoms. The van der Waals surface area contributed by atoms with Crippen LogP contribution in [0.4, 0.5) is 0 Å². The van der Waals surface area contributed by atoms with Gasteiger partial charge in [-0.05, 0) is 29.7 Å². The van der Waals surface area contributed by atoms with Crippen molar-refractivity contribution in [3.05, 3.63) is 96.1 Å². The van der Waals surface area contributed by atoms with Gasteiger partial charge in [0.2, 0.25) is 0 Å². The topological polar surface area (TPSA) is 31.6 Å². The lowest BCUT2D eigenvalue weighted by Crippen LogP contribution is -2.01. The molecule has 0 saturated heterocycles. The number of hydrogen-bond donors (Lipinski definition) is 2. The second-order valence-corrected chi connectivity index (χ2v) is 7.84. The Labute approximate surface area is 169 Å². The first-order valence-corrected chi connectivity index (χ1v) is 10.3. The van der Waals surface area contributed by atoms with Crippen LogP contribution in [0.2, 0.25) is 0 Å². The number of rotatable bonds is 3. The van der Waals surface area contributed by atoms with Gasteiger partial charge in [-0.1, -0.05) is 79.7 Å². The van der Waals surface area contributed by atoms with Crippen LogP contribution in [0.5, 0.6) is 0 Å². The first kappa shape index (κ1) is 16.4. The number of hydrogen-bond acceptors (Lipinski definition) is 0. The number of nitrogens with one attached hydrogen (secondary N) is 2. The van der Waals surface area contributed by atoms with E-state index in [9.17, 15) is 0 Å². The van der Waals surface area contributed by atoms with Crippen molar-refractivity contribution in [1.29, 1.82) is 0 Å². The van der Waals surface area contributed by atoms with Crippen LogP contribution in [0.3, 0.4) is 0 Å². The molecule has 0 radical (unpaired) electrons. The van der Waals surface area contributed by atoms with Crippen LogP contribution in [-0.2, 0) is 0 Å². The third kappa shape index (κ3) is 2.35. The van der Waals surface area contributed by atoms with Crippen molar-refractivity contribution >= 4 is 43.6 Å². The van der Waals surface area contributed by atoms with Crippen LogP contribution in [-0.4, -0.2) is 9.97 Å². The zero-order valence-electron chi connectivity index (χ0n) is 16.4. The van der Waals surface area contributed by atoms with Crippen LogP contribution in [0.1, 0.15) is 30.4 Å². The van der Waals surface area contributed by atoms with E-state index in [1.807, 2.05) is 0 Å². The number of aromatic nitrogens is 2. The van der Waals surface area contributed by atoms with E-state index in [4.69, 9.17) is 0 Å². The van der Waals surface area contributed by atoms with Crippen LogP contribution in [0, 0.1) is 0 Å². The second kappa shape index (κ2) is 6.25. The summed E-state index contributed by atoms with van der Waals surface area (Å²) in [4.78, 5) is 7.39. The Morgan fingerprint density at radius 3 is 1.48 bits per heavy atom. The highest BCUT2D eigenvalue weighted by atomic mass is 14.7. The predicted octanol–water partition coefficient (Wildman–Crippen LogP) is 7.50. The molecule has 2 nitrogen and oxygen atoms in total. The van der Waals surface area contributed by atoms with Crippen molar-refractivity contribution in [1.82, 2.24) is 9.97 Å². The maximum absolute atomic E-state index is 3.70. The molecule has 0 spiro atoms. The molecule has 0 fully saturated rings. The lowest BCUT2D eigenvalue weighted by molar-refractivity contribution is 0.787. The van der Waals surface area contributed by atoms with Gasteiger partial charge >= 0.3 is 0 Å². The molecule has 140 valence electrons. The SMILES string of the molecule is CCC(c1cccc2c1[nH]c1ccccc12)c1cccc2c1[nH]c1ccccc12. The van der Waals surface area contributed by atoms with E-state index < -0.39 is 0 Å². The fraction of sp³-hybridized carbons (Fsp3) is 0.111. The summed E-state index contributed by atoms with van der Waals surface area (Å²) in [6, 6.07) is 30.6. The van der Waals surface area contributed by atoms with Gasteiger partial charge in [0.25, 0.3) is 0 Å². The minimum atomic E-state index is 0.323. The van der Waals surface area contributed by atoms with Gasteiger partial charge in [-0.15, -0.1) is 0 Å². The molecule has 0 saturated carbocycles. The number of para-hydroxylation sites is 4. The average Bonchev–Trinajstić information content (AvgIpc) is 3.34. The number of benzene rings is 4. The van der Waals surface area contributed by atoms with E-state index >= 15 is 0 Å². The maximum Gasteiger partial charge on any atom is 0.0503 e. The molecule has 0 atom stereocenters. The van der Waals surface area contributed by atoms with Crippen molar-refractivity contribution < 1.29 is 0 Å². The van der Waals surface area contributed by atoms with Gasteiger partial charge in [-0.2, -0.15) is 0 Å². The molecule has 0 aliphatic carbocycles. The fourth-order valence-electron chi connectivity index (χ4n) is 4.98. The molecule has 4 aromatic carbocycles. The molecular formula is C27H22N2. The Balaban J connectivity index is 1.64. The Bertz CT molecular complexity index is 1390. The highest BCUT2D eigenvalue weighted by Gasteiger charge is 2.20. The summed E-state index contributed by atoms with van der Waals surface area (Å²) >= 11 is 0. The first-order valence-electron chi connectivity index (χ1n) is 10.3. The minimum Gasteiger partial charge on any atom is -0.354 e. The Hall–Kier alpha value is -3.52. The molecule has 0 amide bonds. The van der Waals surface area contributed by atoms with Gasteiger partial charge in [0.15, 0.2) is 0 Å². The van der Waals surface area contributed by atoms with Crippen molar-refractivity contribution in [2.24, 2.45) is 0 Å². The first-order chi connectivity index (χ1) is 14.3. The van der Waals surface area contributed by atoms with Crippen LogP contribution in [0.25, 0.3) is 43.6 Å². The van der Waals surface area contributed by atoms with E-state index in [0.29, 0.717) is 5.92 Å². The van der Waals surface area contributed by atoms with Gasteiger partial charge in [0.05, 0.1) is 11.0 Å². The standard InChI is InChI=1S/C27H22N2/c1-2-17(20-11-7-13-22-18-9-3-5-15-24(18)28-26(20)22)21-12-8-14-23-19-10-4-6-16-25(19)29-27(21)23/h3-17,28-29H,2H2,1H3. The normalized spacial score (nSPS) is 12.1. The van der Waals surface area contributed by atoms with Crippen LogP contribution in [0.15, 0.2) is 84.9 Å². The van der Waals surface area contributed by atoms with Gasteiger partial charge in [0, 0.05) is 38.5 Å². The second-order valence-electron chi connectivity index (χ2n) is 7.84. The quantitative estimate of drug-likeness (QED) is 0.321. The third-order valence-electron chi connectivity index (χ3n) is 6.31. The molecule has 0 unspecified atom stereocenters. The molecule has 0 aliphatic rings. The molecule has 2 heterocycles. The number of aromatic amines is 2. The van der Waals surface area contributed by atoms with E-state index in [1.165, 1.54) is 54.7 Å². The average molecular weight is 374 g/mol. The Morgan fingerprint density at radius 2 is 1.00 bits per heavy atom. The zero-order valence-corrected chi connectivity index (χ0v) is 16.4. The predicted molar refractivity (Wildman–Crippen MR) is 124 cm³/mol. The number of fused-ring (bicyclic) bond motifs is 6. The Morgan fingerprint density at radius 1 is 0.552 bits per heavy atom.